The fourth-order valence-electron chi connectivity index (χ4n) is 1.29. The lowest BCUT2D eigenvalue weighted by atomic mass is 10.4. The number of anilines is 1. The second-order valence-corrected chi connectivity index (χ2v) is 6.08. The van der Waals surface area contributed by atoms with Crippen molar-refractivity contribution in [2.24, 2.45) is 5.84 Å². The van der Waals surface area contributed by atoms with Crippen molar-refractivity contribution >= 4 is 52.5 Å². The minimum Gasteiger partial charge on any atom is -0.308 e. The van der Waals surface area contributed by atoms with E-state index in [0.29, 0.717) is 21.0 Å². The topological polar surface area (TPSA) is 63.8 Å². The molecule has 0 aliphatic rings. The van der Waals surface area contributed by atoms with Gasteiger partial charge < -0.3 is 5.43 Å². The smallest absolute Gasteiger partial charge is 0.190 e. The molecule has 2 rings (SSSR count). The molecule has 0 atom stereocenters. The maximum Gasteiger partial charge on any atom is 0.190 e. The van der Waals surface area contributed by atoms with Gasteiger partial charge in [0.1, 0.15) is 10.8 Å². The normalized spacial score (nSPS) is 10.5. The van der Waals surface area contributed by atoms with Crippen molar-refractivity contribution in [1.82, 2.24) is 9.97 Å². The van der Waals surface area contributed by atoms with Crippen molar-refractivity contribution in [3.63, 3.8) is 0 Å². The lowest BCUT2D eigenvalue weighted by molar-refractivity contribution is 0.893. The lowest BCUT2D eigenvalue weighted by Crippen LogP contribution is -2.09. The molecule has 4 nitrogen and oxygen atoms in total. The van der Waals surface area contributed by atoms with Gasteiger partial charge in [-0.1, -0.05) is 46.7 Å². The summed E-state index contributed by atoms with van der Waals surface area (Å²) in [5.41, 5.74) is 2.52. The Hall–Kier alpha value is -0.660. The predicted octanol–water partition coefficient (Wildman–Crippen LogP) is 3.94. The Kier molecular flexibility index (Phi) is 5.18. The van der Waals surface area contributed by atoms with Crippen LogP contribution in [0, 0.1) is 0 Å². The highest BCUT2D eigenvalue weighted by molar-refractivity contribution is 7.99. The molecule has 0 aliphatic heterocycles. The fraction of sp³-hybridized carbons (Fsp3) is 0.0909. The third kappa shape index (κ3) is 3.90. The van der Waals surface area contributed by atoms with Gasteiger partial charge in [-0.15, -0.1) is 0 Å². The molecule has 0 spiro atoms. The minimum absolute atomic E-state index is 0.556. The monoisotopic (exact) mass is 332 g/mol. The van der Waals surface area contributed by atoms with Crippen LogP contribution in [0.15, 0.2) is 39.3 Å². The van der Waals surface area contributed by atoms with Gasteiger partial charge in [0.05, 0.1) is 5.02 Å². The number of nitrogens with two attached hydrogens (primary N) is 1. The Bertz CT molecular complexity index is 573. The third-order valence-electron chi connectivity index (χ3n) is 2.12. The molecular formula is C11H10Cl2N4S2. The number of thioether (sulfide) groups is 1. The van der Waals surface area contributed by atoms with E-state index in [0.717, 1.165) is 9.92 Å². The average Bonchev–Trinajstić information content (AvgIpc) is 2.42. The number of rotatable bonds is 4. The molecule has 1 heterocycles. The molecule has 0 amide bonds. The fourth-order valence-corrected chi connectivity index (χ4v) is 3.08. The number of nitrogens with one attached hydrogen (secondary N) is 1. The molecule has 100 valence electrons. The molecule has 1 aromatic heterocycles. The summed E-state index contributed by atoms with van der Waals surface area (Å²) in [6.07, 6.45) is 1.90. The summed E-state index contributed by atoms with van der Waals surface area (Å²) in [6.45, 7) is 0. The zero-order chi connectivity index (χ0) is 13.8. The maximum atomic E-state index is 6.13. The first-order valence-corrected chi connectivity index (χ1v) is 7.94. The summed E-state index contributed by atoms with van der Waals surface area (Å²) in [6, 6.07) is 7.05. The van der Waals surface area contributed by atoms with Crippen LogP contribution < -0.4 is 11.3 Å². The van der Waals surface area contributed by atoms with E-state index in [1.807, 2.05) is 6.26 Å². The number of nitrogens with zero attached hydrogens (tertiary/aromatic N) is 2. The zero-order valence-corrected chi connectivity index (χ0v) is 13.0. The van der Waals surface area contributed by atoms with Crippen LogP contribution in [0.1, 0.15) is 0 Å². The number of hydrazine groups is 1. The lowest BCUT2D eigenvalue weighted by Gasteiger charge is -2.07. The van der Waals surface area contributed by atoms with E-state index in [9.17, 15) is 0 Å². The van der Waals surface area contributed by atoms with E-state index < -0.39 is 0 Å². The van der Waals surface area contributed by atoms with Crippen LogP contribution in [0.4, 0.5) is 5.82 Å². The Balaban J connectivity index is 2.34. The molecule has 0 radical (unpaired) electrons. The first kappa shape index (κ1) is 14.7. The van der Waals surface area contributed by atoms with Crippen molar-refractivity contribution in [2.45, 2.75) is 15.1 Å². The van der Waals surface area contributed by atoms with Crippen LogP contribution in [0.3, 0.4) is 0 Å². The Morgan fingerprint density at radius 1 is 1.21 bits per heavy atom. The highest BCUT2D eigenvalue weighted by atomic mass is 35.5. The van der Waals surface area contributed by atoms with E-state index in [-0.39, 0.29) is 0 Å². The van der Waals surface area contributed by atoms with E-state index in [4.69, 9.17) is 29.0 Å². The maximum absolute atomic E-state index is 6.13. The summed E-state index contributed by atoms with van der Waals surface area (Å²) in [5.74, 6) is 5.94. The molecule has 0 fully saturated rings. The van der Waals surface area contributed by atoms with Gasteiger partial charge in [-0.25, -0.2) is 15.8 Å². The summed E-state index contributed by atoms with van der Waals surface area (Å²) >= 11 is 14.9. The predicted molar refractivity (Wildman–Crippen MR) is 82.2 cm³/mol. The number of halogens is 2. The molecule has 0 bridgehead atoms. The highest BCUT2D eigenvalue weighted by Crippen LogP contribution is 2.35. The van der Waals surface area contributed by atoms with Gasteiger partial charge in [-0.3, -0.25) is 0 Å². The first-order chi connectivity index (χ1) is 9.12. The third-order valence-corrected chi connectivity index (χ3v) is 4.32. The second kappa shape index (κ2) is 6.67. The van der Waals surface area contributed by atoms with E-state index in [1.165, 1.54) is 23.5 Å². The van der Waals surface area contributed by atoms with Crippen LogP contribution in [-0.2, 0) is 0 Å². The highest BCUT2D eigenvalue weighted by Gasteiger charge is 2.08. The molecule has 0 saturated carbocycles. The second-order valence-electron chi connectivity index (χ2n) is 3.40. The van der Waals surface area contributed by atoms with Gasteiger partial charge in [0, 0.05) is 16.0 Å². The van der Waals surface area contributed by atoms with Crippen LogP contribution in [-0.4, -0.2) is 16.2 Å². The number of aromatic nitrogens is 2. The number of hydrogen-bond donors (Lipinski definition) is 2. The van der Waals surface area contributed by atoms with Gasteiger partial charge >= 0.3 is 0 Å². The minimum atomic E-state index is 0.556. The van der Waals surface area contributed by atoms with Gasteiger partial charge in [0.15, 0.2) is 5.16 Å². The van der Waals surface area contributed by atoms with Crippen LogP contribution in [0.5, 0.6) is 0 Å². The number of benzene rings is 1. The number of hydrogen-bond acceptors (Lipinski definition) is 6. The van der Waals surface area contributed by atoms with Crippen LogP contribution in [0.2, 0.25) is 10.0 Å². The molecule has 3 N–H and O–H groups in total. The molecule has 1 aromatic carbocycles. The van der Waals surface area contributed by atoms with E-state index >= 15 is 0 Å². The molecule has 8 heteroatoms. The molecule has 0 unspecified atom stereocenters. The summed E-state index contributed by atoms with van der Waals surface area (Å²) in [7, 11) is 0. The van der Waals surface area contributed by atoms with Gasteiger partial charge in [0.25, 0.3) is 0 Å². The quantitative estimate of drug-likeness (QED) is 0.290. The van der Waals surface area contributed by atoms with Crippen molar-refractivity contribution in [3.8, 4) is 0 Å². The first-order valence-electron chi connectivity index (χ1n) is 5.15. The SMILES string of the molecule is CSc1nc(NN)cc(Sc2cc(Cl)ccc2Cl)n1. The van der Waals surface area contributed by atoms with Crippen molar-refractivity contribution < 1.29 is 0 Å². The average molecular weight is 333 g/mol. The van der Waals surface area contributed by atoms with Crippen LogP contribution >= 0.6 is 46.7 Å². The van der Waals surface area contributed by atoms with Crippen molar-refractivity contribution in [2.75, 3.05) is 11.7 Å². The standard InChI is InChI=1S/C11H10Cl2N4S2/c1-18-11-15-9(17-14)5-10(16-11)19-8-4-6(12)2-3-7(8)13/h2-5H,14H2,1H3,(H,15,16,17). The zero-order valence-electron chi connectivity index (χ0n) is 9.85. The molecule has 2 aromatic rings. The van der Waals surface area contributed by atoms with Gasteiger partial charge in [-0.2, -0.15) is 0 Å². The van der Waals surface area contributed by atoms with Crippen LogP contribution in [0.25, 0.3) is 0 Å². The van der Waals surface area contributed by atoms with E-state index in [2.05, 4.69) is 15.4 Å². The largest absolute Gasteiger partial charge is 0.308 e. The van der Waals surface area contributed by atoms with Gasteiger partial charge in [-0.05, 0) is 24.5 Å². The Labute approximate surface area is 129 Å². The van der Waals surface area contributed by atoms with Crippen molar-refractivity contribution in [3.05, 3.63) is 34.3 Å². The summed E-state index contributed by atoms with van der Waals surface area (Å²) in [5, 5.41) is 2.64. The van der Waals surface area contributed by atoms with Gasteiger partial charge in [0.2, 0.25) is 0 Å². The van der Waals surface area contributed by atoms with E-state index in [1.54, 1.807) is 24.3 Å². The molecule has 0 saturated heterocycles. The Morgan fingerprint density at radius 3 is 2.68 bits per heavy atom. The molecule has 19 heavy (non-hydrogen) atoms. The summed E-state index contributed by atoms with van der Waals surface area (Å²) < 4.78 is 0. The Morgan fingerprint density at radius 2 is 2.00 bits per heavy atom. The van der Waals surface area contributed by atoms with Crippen molar-refractivity contribution in [1.29, 1.82) is 0 Å². The molecular weight excluding hydrogens is 323 g/mol. The summed E-state index contributed by atoms with van der Waals surface area (Å²) in [4.78, 5) is 9.41. The number of nitrogen functional groups attached to an aromatic ring is 1. The molecule has 0 aliphatic carbocycles.